The van der Waals surface area contributed by atoms with Gasteiger partial charge in [-0.15, -0.1) is 0 Å². The Morgan fingerprint density at radius 3 is 2.03 bits per heavy atom. The molecule has 2 bridgehead atoms. The predicted octanol–water partition coefficient (Wildman–Crippen LogP) is 14.3. The van der Waals surface area contributed by atoms with Gasteiger partial charge < -0.3 is 4.74 Å². The van der Waals surface area contributed by atoms with E-state index in [-0.39, 0.29) is 45.9 Å². The van der Waals surface area contributed by atoms with Gasteiger partial charge in [-0.1, -0.05) is 138 Å². The van der Waals surface area contributed by atoms with Gasteiger partial charge in [0, 0.05) is 52.1 Å². The summed E-state index contributed by atoms with van der Waals surface area (Å²) in [6.07, 6.45) is 6.81. The number of fused-ring (bicyclic) bond motifs is 8. The van der Waals surface area contributed by atoms with Crippen LogP contribution in [0.5, 0.6) is 11.5 Å². The Hall–Kier alpha value is -6.46. The van der Waals surface area contributed by atoms with Gasteiger partial charge in [0.25, 0.3) is 0 Å². The number of ether oxygens (including phenoxy) is 1. The quantitative estimate of drug-likeness (QED) is 0.150. The van der Waals surface area contributed by atoms with E-state index in [1.165, 1.54) is 5.56 Å². The molecule has 1 aliphatic heterocycles. The molecule has 5 heteroatoms. The van der Waals surface area contributed by atoms with Crippen molar-refractivity contribution >= 4 is 39.5 Å². The molecule has 0 amide bonds. The van der Waals surface area contributed by atoms with Gasteiger partial charge in [0.15, 0.2) is 0 Å². The van der Waals surface area contributed by atoms with E-state index < -0.39 is 60.4 Å². The monoisotopic (exact) mass is 821 g/mol. The van der Waals surface area contributed by atoms with Crippen molar-refractivity contribution in [1.82, 2.24) is 9.55 Å². The summed E-state index contributed by atoms with van der Waals surface area (Å²) < 4.78 is 99.6. The lowest BCUT2D eigenvalue weighted by Gasteiger charge is -2.28. The second-order valence-corrected chi connectivity index (χ2v) is 19.2. The number of aromatic nitrogens is 2. The van der Waals surface area contributed by atoms with Crippen LogP contribution < -0.4 is 9.64 Å². The molecule has 0 radical (unpaired) electrons. The van der Waals surface area contributed by atoms with Crippen molar-refractivity contribution in [1.29, 1.82) is 0 Å². The molecule has 0 saturated heterocycles. The molecule has 5 nitrogen and oxygen atoms in total. The molecule has 11 rings (SSSR count). The molecule has 3 aliphatic rings. The van der Waals surface area contributed by atoms with Gasteiger partial charge in [-0.2, -0.15) is 0 Å². The van der Waals surface area contributed by atoms with E-state index in [2.05, 4.69) is 116 Å². The summed E-state index contributed by atoms with van der Waals surface area (Å²) in [5, 5.41) is 2.18. The number of nitrogens with zero attached hydrogens (tertiary/aromatic N) is 4. The Bertz CT molecular complexity index is 3480. The van der Waals surface area contributed by atoms with Crippen molar-refractivity contribution in [3.8, 4) is 39.6 Å². The van der Waals surface area contributed by atoms with Crippen molar-refractivity contribution in [2.75, 3.05) is 4.90 Å². The van der Waals surface area contributed by atoms with E-state index >= 15 is 0 Å². The molecule has 308 valence electrons. The zero-order chi connectivity index (χ0) is 51.0. The number of anilines is 1. The molecule has 2 fully saturated rings. The molecular weight excluding hydrogens is 757 g/mol. The number of hydrogen-bond donors (Lipinski definition) is 0. The highest BCUT2D eigenvalue weighted by Gasteiger charge is 2.60. The van der Waals surface area contributed by atoms with E-state index in [9.17, 15) is 0 Å². The SMILES string of the molecule is [2H]c1c([2H])c([2H])c(-c2cccc(-c3c([2H])c([2H])c([2H])c([2H])c3[2H])c2[N+]2=CN(c3cc(Oc4ccc5c6ccccc6n(-c6cc(C(C)(C)C)ccn6)c5c4)cc(C(C)(C)C)c3)C3C4CCC(C4)C32)c([2H])c1[2H]. The van der Waals surface area contributed by atoms with Crippen LogP contribution in [0.3, 0.4) is 0 Å². The minimum absolute atomic E-state index is 0.0316. The van der Waals surface area contributed by atoms with E-state index in [4.69, 9.17) is 23.4 Å². The van der Waals surface area contributed by atoms with Gasteiger partial charge >= 0.3 is 0 Å². The maximum Gasteiger partial charge on any atom is 0.245 e. The summed E-state index contributed by atoms with van der Waals surface area (Å²) in [6, 6.07) is 25.4. The van der Waals surface area contributed by atoms with Gasteiger partial charge in [0.1, 0.15) is 40.8 Å². The van der Waals surface area contributed by atoms with Gasteiger partial charge in [-0.05, 0) is 94.8 Å². The van der Waals surface area contributed by atoms with E-state index in [1.807, 2.05) is 24.7 Å². The molecule has 8 aromatic rings. The summed E-state index contributed by atoms with van der Waals surface area (Å²) in [6.45, 7) is 13.1. The standard InChI is InChI=1S/C57H55N4O/c1-56(2,3)41-28-29-58-52(33-41)61-50-23-14-13-20-48(50)49-27-26-44(35-51(49)61)62-45-32-42(57(4,5)6)31-43(34-45)59-36-60(54-40-25-24-39(30-40)53(54)59)55-46(37-16-9-7-10-17-37)21-15-22-47(55)38-18-11-8-12-19-38/h7-23,26-29,31-36,39-40,53-54H,24-25,30H2,1-6H3/q+1/i7D,8D,9D,10D,11D,12D,16D,17D,18D,19D. The normalized spacial score (nSPS) is 21.9. The summed E-state index contributed by atoms with van der Waals surface area (Å²) in [4.78, 5) is 7.17. The Labute approximate surface area is 380 Å². The predicted molar refractivity (Wildman–Crippen MR) is 257 cm³/mol. The highest BCUT2D eigenvalue weighted by molar-refractivity contribution is 6.09. The first kappa shape index (κ1) is 29.0. The largest absolute Gasteiger partial charge is 0.457 e. The van der Waals surface area contributed by atoms with E-state index in [1.54, 1.807) is 18.2 Å². The highest BCUT2D eigenvalue weighted by Crippen LogP contribution is 2.54. The fourth-order valence-electron chi connectivity index (χ4n) is 10.4. The number of para-hydroxylation sites is 2. The summed E-state index contributed by atoms with van der Waals surface area (Å²) >= 11 is 0. The minimum atomic E-state index is -0.522. The van der Waals surface area contributed by atoms with Crippen molar-refractivity contribution in [2.24, 2.45) is 11.8 Å². The first-order chi connectivity index (χ1) is 34.1. The molecular formula is C57H55N4O+. The van der Waals surface area contributed by atoms with Crippen LogP contribution in [0.1, 0.15) is 85.6 Å². The molecule has 2 aromatic heterocycles. The van der Waals surface area contributed by atoms with Crippen LogP contribution in [0.15, 0.2) is 158 Å². The Morgan fingerprint density at radius 1 is 0.645 bits per heavy atom. The number of pyridine rings is 1. The number of hydrogen-bond acceptors (Lipinski definition) is 3. The third-order valence-corrected chi connectivity index (χ3v) is 13.3. The second kappa shape index (κ2) is 14.6. The summed E-state index contributed by atoms with van der Waals surface area (Å²) in [7, 11) is 0. The van der Waals surface area contributed by atoms with Crippen LogP contribution in [-0.4, -0.2) is 32.5 Å². The lowest BCUT2D eigenvalue weighted by Crippen LogP contribution is -2.42. The average molecular weight is 822 g/mol. The zero-order valence-corrected chi connectivity index (χ0v) is 35.9. The van der Waals surface area contributed by atoms with E-state index in [0.29, 0.717) is 28.3 Å². The van der Waals surface area contributed by atoms with Crippen LogP contribution >= 0.6 is 0 Å². The van der Waals surface area contributed by atoms with Crippen LogP contribution in [0.4, 0.5) is 11.4 Å². The first-order valence-electron chi connectivity index (χ1n) is 26.7. The van der Waals surface area contributed by atoms with Crippen LogP contribution in [-0.2, 0) is 10.8 Å². The molecule has 2 aliphatic carbocycles. The molecule has 2 saturated carbocycles. The fourth-order valence-corrected chi connectivity index (χ4v) is 10.4. The number of rotatable bonds is 7. The Kier molecular flexibility index (Phi) is 6.81. The van der Waals surface area contributed by atoms with Crippen molar-refractivity contribution in [2.45, 2.75) is 83.7 Å². The van der Waals surface area contributed by atoms with E-state index in [0.717, 1.165) is 58.1 Å². The minimum Gasteiger partial charge on any atom is -0.457 e. The topological polar surface area (TPSA) is 33.3 Å². The molecule has 62 heavy (non-hydrogen) atoms. The van der Waals surface area contributed by atoms with Gasteiger partial charge in [0.05, 0.1) is 24.7 Å². The van der Waals surface area contributed by atoms with Crippen LogP contribution in [0.2, 0.25) is 0 Å². The van der Waals surface area contributed by atoms with Crippen molar-refractivity contribution < 1.29 is 23.0 Å². The second-order valence-electron chi connectivity index (χ2n) is 19.2. The lowest BCUT2D eigenvalue weighted by molar-refractivity contribution is -0.481. The number of benzene rings is 6. The summed E-state index contributed by atoms with van der Waals surface area (Å²) in [5.74, 6) is 2.60. The molecule has 3 heterocycles. The van der Waals surface area contributed by atoms with Gasteiger partial charge in [0.2, 0.25) is 6.34 Å². The molecule has 6 aromatic carbocycles. The van der Waals surface area contributed by atoms with Crippen LogP contribution in [0, 0.1) is 11.8 Å². The fraction of sp³-hybridized carbons (Fsp3) is 0.263. The van der Waals surface area contributed by atoms with Crippen LogP contribution in [0.25, 0.3) is 49.9 Å². The highest BCUT2D eigenvalue weighted by atomic mass is 16.5. The maximum absolute atomic E-state index is 9.17. The molecule has 0 spiro atoms. The third kappa shape index (κ3) is 6.52. The van der Waals surface area contributed by atoms with Crippen molar-refractivity contribution in [3.63, 3.8) is 0 Å². The first-order valence-corrected chi connectivity index (χ1v) is 21.7. The molecule has 4 unspecified atom stereocenters. The van der Waals surface area contributed by atoms with Gasteiger partial charge in [-0.3, -0.25) is 4.57 Å². The lowest BCUT2D eigenvalue weighted by atomic mass is 9.86. The molecule has 4 atom stereocenters. The summed E-state index contributed by atoms with van der Waals surface area (Å²) in [5.41, 5.74) is 5.67. The Morgan fingerprint density at radius 2 is 1.32 bits per heavy atom. The zero-order valence-electron chi connectivity index (χ0n) is 45.9. The smallest absolute Gasteiger partial charge is 0.245 e. The maximum atomic E-state index is 9.17. The van der Waals surface area contributed by atoms with Crippen molar-refractivity contribution in [3.05, 3.63) is 169 Å². The Balaban J connectivity index is 1.10. The van der Waals surface area contributed by atoms with Gasteiger partial charge in [-0.25, -0.2) is 14.5 Å². The average Bonchev–Trinajstić information content (AvgIpc) is 4.15. The molecule has 0 N–H and O–H groups in total. The third-order valence-electron chi connectivity index (χ3n) is 13.3.